The molecule has 0 unspecified atom stereocenters. The summed E-state index contributed by atoms with van der Waals surface area (Å²) < 4.78 is 5.79. The first-order valence-electron chi connectivity index (χ1n) is 10.5. The van der Waals surface area contributed by atoms with Gasteiger partial charge >= 0.3 is 5.97 Å². The number of H-pyrrole nitrogens is 1. The number of benzene rings is 1. The third-order valence-electron chi connectivity index (χ3n) is 5.62. The molecule has 7 nitrogen and oxygen atoms in total. The Balaban J connectivity index is 1.53. The van der Waals surface area contributed by atoms with Crippen LogP contribution in [0.1, 0.15) is 28.9 Å². The second-order valence-electron chi connectivity index (χ2n) is 7.77. The van der Waals surface area contributed by atoms with Gasteiger partial charge < -0.3 is 10.1 Å². The summed E-state index contributed by atoms with van der Waals surface area (Å²) in [5, 5.41) is 11.4. The number of hydrogen-bond donors (Lipinski definition) is 2. The van der Waals surface area contributed by atoms with Crippen LogP contribution in [0, 0.1) is 6.92 Å². The molecule has 3 aromatic heterocycles. The Labute approximate surface area is 179 Å². The minimum Gasteiger partial charge on any atom is -0.459 e. The molecule has 2 N–H and O–H groups in total. The summed E-state index contributed by atoms with van der Waals surface area (Å²) in [6.45, 7) is 3.70. The molecule has 1 aliphatic rings. The van der Waals surface area contributed by atoms with E-state index in [0.717, 1.165) is 65.0 Å². The zero-order chi connectivity index (χ0) is 21.2. The summed E-state index contributed by atoms with van der Waals surface area (Å²) in [6.07, 6.45) is 5.06. The summed E-state index contributed by atoms with van der Waals surface area (Å²) in [7, 11) is 0. The molecule has 1 fully saturated rings. The van der Waals surface area contributed by atoms with E-state index in [9.17, 15) is 4.79 Å². The molecule has 0 atom stereocenters. The first kappa shape index (κ1) is 19.4. The van der Waals surface area contributed by atoms with E-state index < -0.39 is 0 Å². The lowest BCUT2D eigenvalue weighted by atomic mass is 10.00. The molecule has 4 aromatic rings. The van der Waals surface area contributed by atoms with Crippen molar-refractivity contribution in [1.29, 1.82) is 0 Å². The van der Waals surface area contributed by atoms with Gasteiger partial charge in [-0.2, -0.15) is 5.10 Å². The number of aromatic amines is 1. The van der Waals surface area contributed by atoms with Crippen LogP contribution in [-0.2, 0) is 4.74 Å². The van der Waals surface area contributed by atoms with Crippen LogP contribution in [0.2, 0.25) is 0 Å². The van der Waals surface area contributed by atoms with Crippen LogP contribution in [0.4, 0.5) is 0 Å². The molecule has 31 heavy (non-hydrogen) atoms. The van der Waals surface area contributed by atoms with Crippen molar-refractivity contribution in [1.82, 2.24) is 25.5 Å². The van der Waals surface area contributed by atoms with E-state index in [1.54, 1.807) is 18.5 Å². The van der Waals surface area contributed by atoms with Gasteiger partial charge in [0.2, 0.25) is 0 Å². The van der Waals surface area contributed by atoms with Gasteiger partial charge in [0.15, 0.2) is 0 Å². The molecule has 0 radical (unpaired) electrons. The van der Waals surface area contributed by atoms with E-state index in [0.29, 0.717) is 5.56 Å². The van der Waals surface area contributed by atoms with Crippen LogP contribution in [0.25, 0.3) is 33.4 Å². The topological polar surface area (TPSA) is 92.8 Å². The van der Waals surface area contributed by atoms with Gasteiger partial charge in [-0.3, -0.25) is 15.1 Å². The molecule has 1 aliphatic heterocycles. The third kappa shape index (κ3) is 3.92. The fourth-order valence-corrected chi connectivity index (χ4v) is 4.00. The minimum absolute atomic E-state index is 0.0481. The summed E-state index contributed by atoms with van der Waals surface area (Å²) in [4.78, 5) is 22.0. The third-order valence-corrected chi connectivity index (χ3v) is 5.62. The van der Waals surface area contributed by atoms with Crippen molar-refractivity contribution in [3.8, 4) is 22.5 Å². The van der Waals surface area contributed by atoms with Gasteiger partial charge in [0.05, 0.1) is 28.7 Å². The number of esters is 1. The Morgan fingerprint density at radius 2 is 2.00 bits per heavy atom. The maximum Gasteiger partial charge on any atom is 0.339 e. The summed E-state index contributed by atoms with van der Waals surface area (Å²) in [5.74, 6) is -0.302. The first-order chi connectivity index (χ1) is 15.2. The van der Waals surface area contributed by atoms with E-state index in [-0.39, 0.29) is 12.1 Å². The highest BCUT2D eigenvalue weighted by Crippen LogP contribution is 2.32. The van der Waals surface area contributed by atoms with E-state index >= 15 is 0 Å². The SMILES string of the molecule is Cc1cccc(-c2[nH]ncc2-c2ccc3nccc(C(=O)OC4CCNCC4)c3c2)n1. The maximum absolute atomic E-state index is 13.0. The minimum atomic E-state index is -0.302. The second-order valence-corrected chi connectivity index (χ2v) is 7.77. The summed E-state index contributed by atoms with van der Waals surface area (Å²) in [5.41, 5.74) is 5.73. The van der Waals surface area contributed by atoms with Crippen molar-refractivity contribution in [2.24, 2.45) is 0 Å². The zero-order valence-corrected chi connectivity index (χ0v) is 17.3. The van der Waals surface area contributed by atoms with Crippen molar-refractivity contribution in [3.05, 3.63) is 66.1 Å². The standard InChI is InChI=1S/C24H23N5O2/c1-15-3-2-4-22(28-15)23-20(14-27-29-23)16-5-6-21-19(13-16)18(9-12-26-21)24(30)31-17-7-10-25-11-8-17/h2-6,9,12-14,17,25H,7-8,10-11H2,1H3,(H,27,29). The van der Waals surface area contributed by atoms with Crippen molar-refractivity contribution in [2.45, 2.75) is 25.9 Å². The lowest BCUT2D eigenvalue weighted by Crippen LogP contribution is -2.33. The van der Waals surface area contributed by atoms with E-state index in [4.69, 9.17) is 4.74 Å². The van der Waals surface area contributed by atoms with E-state index in [1.165, 1.54) is 0 Å². The molecule has 0 aliphatic carbocycles. The Bertz CT molecular complexity index is 1240. The predicted octanol–water partition coefficient (Wildman–Crippen LogP) is 3.90. The molecule has 0 amide bonds. The lowest BCUT2D eigenvalue weighted by molar-refractivity contribution is 0.0232. The fourth-order valence-electron chi connectivity index (χ4n) is 4.00. The Morgan fingerprint density at radius 3 is 2.84 bits per heavy atom. The number of nitrogens with one attached hydrogen (secondary N) is 2. The van der Waals surface area contributed by atoms with Crippen LogP contribution in [0.3, 0.4) is 0 Å². The number of aromatic nitrogens is 4. The number of hydrogen-bond acceptors (Lipinski definition) is 6. The van der Waals surface area contributed by atoms with Crippen LogP contribution in [-0.4, -0.2) is 45.3 Å². The smallest absolute Gasteiger partial charge is 0.339 e. The van der Waals surface area contributed by atoms with Crippen molar-refractivity contribution < 1.29 is 9.53 Å². The van der Waals surface area contributed by atoms with Gasteiger partial charge in [-0.15, -0.1) is 0 Å². The average molecular weight is 413 g/mol. The molecule has 0 spiro atoms. The van der Waals surface area contributed by atoms with Crippen LogP contribution in [0.15, 0.2) is 54.9 Å². The van der Waals surface area contributed by atoms with Gasteiger partial charge in [0.1, 0.15) is 6.10 Å². The molecule has 156 valence electrons. The molecule has 1 saturated heterocycles. The summed E-state index contributed by atoms with van der Waals surface area (Å²) in [6, 6.07) is 13.5. The quantitative estimate of drug-likeness (QED) is 0.493. The van der Waals surface area contributed by atoms with Crippen molar-refractivity contribution >= 4 is 16.9 Å². The number of pyridine rings is 2. The average Bonchev–Trinajstić information content (AvgIpc) is 3.29. The molecule has 7 heteroatoms. The number of aryl methyl sites for hydroxylation is 1. The molecule has 5 rings (SSSR count). The van der Waals surface area contributed by atoms with Crippen LogP contribution < -0.4 is 5.32 Å². The number of nitrogens with zero attached hydrogens (tertiary/aromatic N) is 3. The highest BCUT2D eigenvalue weighted by molar-refractivity contribution is 6.04. The van der Waals surface area contributed by atoms with Crippen LogP contribution in [0.5, 0.6) is 0 Å². The van der Waals surface area contributed by atoms with E-state index in [1.807, 2.05) is 43.3 Å². The van der Waals surface area contributed by atoms with Gasteiger partial charge in [0.25, 0.3) is 0 Å². The number of rotatable bonds is 4. The molecule has 0 bridgehead atoms. The van der Waals surface area contributed by atoms with E-state index in [2.05, 4.69) is 25.5 Å². The van der Waals surface area contributed by atoms with Gasteiger partial charge in [-0.05, 0) is 68.8 Å². The molecular weight excluding hydrogens is 390 g/mol. The summed E-state index contributed by atoms with van der Waals surface area (Å²) >= 11 is 0. The molecular formula is C24H23N5O2. The fraction of sp³-hybridized carbons (Fsp3) is 0.250. The van der Waals surface area contributed by atoms with Gasteiger partial charge in [-0.1, -0.05) is 12.1 Å². The molecule has 0 saturated carbocycles. The van der Waals surface area contributed by atoms with Gasteiger partial charge in [-0.25, -0.2) is 4.79 Å². The highest BCUT2D eigenvalue weighted by atomic mass is 16.5. The van der Waals surface area contributed by atoms with Gasteiger partial charge in [0, 0.05) is 22.8 Å². The molecule has 1 aromatic carbocycles. The highest BCUT2D eigenvalue weighted by Gasteiger charge is 2.21. The Kier molecular flexibility index (Phi) is 5.18. The monoisotopic (exact) mass is 413 g/mol. The number of ether oxygens (including phenoxy) is 1. The number of carbonyl (C=O) groups excluding carboxylic acids is 1. The second kappa shape index (κ2) is 8.28. The number of piperidine rings is 1. The first-order valence-corrected chi connectivity index (χ1v) is 10.5. The Morgan fingerprint density at radius 1 is 1.13 bits per heavy atom. The predicted molar refractivity (Wildman–Crippen MR) is 119 cm³/mol. The number of carbonyl (C=O) groups is 1. The zero-order valence-electron chi connectivity index (χ0n) is 17.3. The normalized spacial score (nSPS) is 14.6. The maximum atomic E-state index is 13.0. The van der Waals surface area contributed by atoms with Crippen molar-refractivity contribution in [3.63, 3.8) is 0 Å². The van der Waals surface area contributed by atoms with Crippen LogP contribution >= 0.6 is 0 Å². The number of fused-ring (bicyclic) bond motifs is 1. The molecule has 4 heterocycles. The Hall–Kier alpha value is -3.58. The van der Waals surface area contributed by atoms with Crippen molar-refractivity contribution in [2.75, 3.05) is 13.1 Å². The largest absolute Gasteiger partial charge is 0.459 e. The lowest BCUT2D eigenvalue weighted by Gasteiger charge is -2.23.